The number of sulfone groups is 1. The molecule has 0 aromatic heterocycles. The molecule has 1 aliphatic carbocycles. The Balaban J connectivity index is 2.46. The van der Waals surface area contributed by atoms with Crippen LogP contribution in [-0.2, 0) is 14.6 Å². The molecule has 0 aromatic carbocycles. The molecule has 4 nitrogen and oxygen atoms in total. The van der Waals surface area contributed by atoms with Crippen LogP contribution in [0.25, 0.3) is 0 Å². The predicted molar refractivity (Wildman–Crippen MR) is 79.2 cm³/mol. The maximum Gasteiger partial charge on any atom is 0.150 e. The van der Waals surface area contributed by atoms with Gasteiger partial charge < -0.3 is 10.1 Å². The topological polar surface area (TPSA) is 55.4 Å². The fraction of sp³-hybridized carbons (Fsp3) is 1.00. The average Bonchev–Trinajstić information content (AvgIpc) is 2.38. The van der Waals surface area contributed by atoms with Crippen LogP contribution in [0.5, 0.6) is 0 Å². The largest absolute Gasteiger partial charge is 0.381 e. The second kappa shape index (κ2) is 8.22. The highest BCUT2D eigenvalue weighted by molar-refractivity contribution is 7.91. The molecule has 1 rings (SSSR count). The van der Waals surface area contributed by atoms with Crippen molar-refractivity contribution in [3.63, 3.8) is 0 Å². The summed E-state index contributed by atoms with van der Waals surface area (Å²) >= 11 is 0. The maximum atomic E-state index is 11.7. The molecule has 1 saturated carbocycles. The van der Waals surface area contributed by atoms with E-state index in [9.17, 15) is 8.42 Å². The molecular formula is C14H29NO3S. The first-order valence-corrected chi connectivity index (χ1v) is 9.38. The zero-order valence-corrected chi connectivity index (χ0v) is 13.3. The normalized spacial score (nSPS) is 26.3. The highest BCUT2D eigenvalue weighted by Gasteiger charge is 2.32. The molecule has 0 aliphatic heterocycles. The van der Waals surface area contributed by atoms with E-state index in [1.165, 1.54) is 6.26 Å². The van der Waals surface area contributed by atoms with Gasteiger partial charge in [-0.25, -0.2) is 8.42 Å². The van der Waals surface area contributed by atoms with Crippen LogP contribution in [0.1, 0.15) is 45.4 Å². The summed E-state index contributed by atoms with van der Waals surface area (Å²) in [4.78, 5) is 0. The summed E-state index contributed by atoms with van der Waals surface area (Å²) in [5.74, 6) is 0.462. The van der Waals surface area contributed by atoms with Gasteiger partial charge in [0, 0.05) is 25.5 Å². The van der Waals surface area contributed by atoms with Gasteiger partial charge in [-0.05, 0) is 45.1 Å². The average molecular weight is 291 g/mol. The Morgan fingerprint density at radius 2 is 2.05 bits per heavy atom. The van der Waals surface area contributed by atoms with E-state index in [-0.39, 0.29) is 5.25 Å². The van der Waals surface area contributed by atoms with Gasteiger partial charge in [0.25, 0.3) is 0 Å². The summed E-state index contributed by atoms with van der Waals surface area (Å²) in [6, 6.07) is 0.376. The second-order valence-electron chi connectivity index (χ2n) is 5.67. The summed E-state index contributed by atoms with van der Waals surface area (Å²) in [6.07, 6.45) is 7.18. The minimum Gasteiger partial charge on any atom is -0.381 e. The lowest BCUT2D eigenvalue weighted by Crippen LogP contribution is -2.40. The Morgan fingerprint density at radius 3 is 2.63 bits per heavy atom. The van der Waals surface area contributed by atoms with Crippen molar-refractivity contribution >= 4 is 9.84 Å². The lowest BCUT2D eigenvalue weighted by atomic mass is 9.82. The van der Waals surface area contributed by atoms with Gasteiger partial charge >= 0.3 is 0 Å². The predicted octanol–water partition coefficient (Wildman–Crippen LogP) is 1.99. The standard InChI is InChI=1S/C14H29NO3S/c1-4-9-18-10-8-14(15-2)12-6-5-7-13(11-12)19(3,16)17/h12-15H,4-11H2,1-3H3. The Labute approximate surface area is 118 Å². The van der Waals surface area contributed by atoms with E-state index in [1.807, 2.05) is 7.05 Å². The number of nitrogens with one attached hydrogen (secondary N) is 1. The first kappa shape index (κ1) is 16.9. The highest BCUT2D eigenvalue weighted by atomic mass is 32.2. The summed E-state index contributed by atoms with van der Waals surface area (Å²) in [6.45, 7) is 3.68. The van der Waals surface area contributed by atoms with Gasteiger partial charge in [-0.3, -0.25) is 0 Å². The van der Waals surface area contributed by atoms with E-state index in [0.29, 0.717) is 12.0 Å². The zero-order chi connectivity index (χ0) is 14.3. The van der Waals surface area contributed by atoms with Crippen molar-refractivity contribution in [2.75, 3.05) is 26.5 Å². The van der Waals surface area contributed by atoms with Crippen molar-refractivity contribution in [3.05, 3.63) is 0 Å². The number of hydrogen-bond donors (Lipinski definition) is 1. The van der Waals surface area contributed by atoms with Gasteiger partial charge in [-0.1, -0.05) is 13.3 Å². The SMILES string of the molecule is CCCOCCC(NC)C1CCCC(S(C)(=O)=O)C1. The Morgan fingerprint density at radius 1 is 1.32 bits per heavy atom. The molecule has 1 aliphatic rings. The molecule has 19 heavy (non-hydrogen) atoms. The van der Waals surface area contributed by atoms with E-state index < -0.39 is 9.84 Å². The molecule has 1 fully saturated rings. The lowest BCUT2D eigenvalue weighted by molar-refractivity contribution is 0.114. The molecule has 0 amide bonds. The van der Waals surface area contributed by atoms with Crippen molar-refractivity contribution in [3.8, 4) is 0 Å². The third-order valence-corrected chi connectivity index (χ3v) is 5.77. The van der Waals surface area contributed by atoms with Gasteiger partial charge in [0.05, 0.1) is 5.25 Å². The molecule has 3 atom stereocenters. The van der Waals surface area contributed by atoms with E-state index >= 15 is 0 Å². The second-order valence-corrected chi connectivity index (χ2v) is 8.00. The number of rotatable bonds is 8. The number of hydrogen-bond acceptors (Lipinski definition) is 4. The van der Waals surface area contributed by atoms with Crippen LogP contribution in [0.2, 0.25) is 0 Å². The van der Waals surface area contributed by atoms with Crippen LogP contribution in [0.15, 0.2) is 0 Å². The van der Waals surface area contributed by atoms with Crippen LogP contribution in [0.3, 0.4) is 0 Å². The van der Waals surface area contributed by atoms with E-state index in [2.05, 4.69) is 12.2 Å². The highest BCUT2D eigenvalue weighted by Crippen LogP contribution is 2.31. The molecule has 114 valence electrons. The van der Waals surface area contributed by atoms with Crippen LogP contribution >= 0.6 is 0 Å². The third kappa shape index (κ3) is 5.79. The monoisotopic (exact) mass is 291 g/mol. The zero-order valence-electron chi connectivity index (χ0n) is 12.5. The third-order valence-electron chi connectivity index (χ3n) is 4.13. The molecule has 5 heteroatoms. The first-order valence-electron chi connectivity index (χ1n) is 7.42. The van der Waals surface area contributed by atoms with Crippen molar-refractivity contribution < 1.29 is 13.2 Å². The van der Waals surface area contributed by atoms with Crippen LogP contribution in [0.4, 0.5) is 0 Å². The quantitative estimate of drug-likeness (QED) is 0.695. The van der Waals surface area contributed by atoms with Gasteiger partial charge in [-0.2, -0.15) is 0 Å². The Kier molecular flexibility index (Phi) is 7.32. The Bertz CT molecular complexity index is 343. The van der Waals surface area contributed by atoms with E-state index in [0.717, 1.165) is 51.7 Å². The van der Waals surface area contributed by atoms with Crippen LogP contribution in [-0.4, -0.2) is 46.2 Å². The summed E-state index contributed by atoms with van der Waals surface area (Å²) < 4.78 is 28.9. The molecule has 0 heterocycles. The van der Waals surface area contributed by atoms with Crippen LogP contribution < -0.4 is 5.32 Å². The number of ether oxygens (including phenoxy) is 1. The molecule has 3 unspecified atom stereocenters. The van der Waals surface area contributed by atoms with Gasteiger partial charge in [0.2, 0.25) is 0 Å². The molecule has 0 radical (unpaired) electrons. The molecule has 0 spiro atoms. The maximum absolute atomic E-state index is 11.7. The van der Waals surface area contributed by atoms with Crippen molar-refractivity contribution in [1.29, 1.82) is 0 Å². The summed E-state index contributed by atoms with van der Waals surface area (Å²) in [5, 5.41) is 3.21. The lowest BCUT2D eigenvalue weighted by Gasteiger charge is -2.33. The molecule has 1 N–H and O–H groups in total. The fourth-order valence-electron chi connectivity index (χ4n) is 3.01. The molecule has 0 saturated heterocycles. The minimum atomic E-state index is -2.89. The summed E-state index contributed by atoms with van der Waals surface area (Å²) in [5.41, 5.74) is 0. The first-order chi connectivity index (χ1) is 8.99. The van der Waals surface area contributed by atoms with Gasteiger partial charge in [0.1, 0.15) is 9.84 Å². The fourth-order valence-corrected chi connectivity index (χ4v) is 4.20. The summed E-state index contributed by atoms with van der Waals surface area (Å²) in [7, 11) is -0.922. The van der Waals surface area contributed by atoms with Gasteiger partial charge in [0.15, 0.2) is 0 Å². The van der Waals surface area contributed by atoms with E-state index in [4.69, 9.17) is 4.74 Å². The van der Waals surface area contributed by atoms with Gasteiger partial charge in [-0.15, -0.1) is 0 Å². The van der Waals surface area contributed by atoms with Crippen LogP contribution in [0, 0.1) is 5.92 Å². The molecule has 0 aromatic rings. The smallest absolute Gasteiger partial charge is 0.150 e. The Hall–Kier alpha value is -0.130. The molecule has 0 bridgehead atoms. The van der Waals surface area contributed by atoms with E-state index in [1.54, 1.807) is 0 Å². The molecular weight excluding hydrogens is 262 g/mol. The minimum absolute atomic E-state index is 0.140. The van der Waals surface area contributed by atoms with Crippen molar-refractivity contribution in [2.24, 2.45) is 5.92 Å². The van der Waals surface area contributed by atoms with Crippen molar-refractivity contribution in [1.82, 2.24) is 5.32 Å². The van der Waals surface area contributed by atoms with Crippen molar-refractivity contribution in [2.45, 2.75) is 56.7 Å².